The summed E-state index contributed by atoms with van der Waals surface area (Å²) in [7, 11) is 0. The SMILES string of the molecule is CCOCC(C)NCc1ccc(/C(N)=N/O)cc1Cl. The monoisotopic (exact) mass is 285 g/mol. The van der Waals surface area contributed by atoms with Crippen molar-refractivity contribution < 1.29 is 9.94 Å². The first-order valence-electron chi connectivity index (χ1n) is 6.16. The number of hydrogen-bond acceptors (Lipinski definition) is 4. The van der Waals surface area contributed by atoms with Gasteiger partial charge in [0.05, 0.1) is 6.61 Å². The fraction of sp³-hybridized carbons (Fsp3) is 0.462. The van der Waals surface area contributed by atoms with Crippen molar-refractivity contribution in [1.82, 2.24) is 5.32 Å². The molecule has 4 N–H and O–H groups in total. The van der Waals surface area contributed by atoms with E-state index < -0.39 is 0 Å². The molecule has 1 unspecified atom stereocenters. The van der Waals surface area contributed by atoms with Crippen molar-refractivity contribution in [2.45, 2.75) is 26.4 Å². The smallest absolute Gasteiger partial charge is 0.170 e. The Balaban J connectivity index is 2.60. The van der Waals surface area contributed by atoms with Crippen molar-refractivity contribution in [3.63, 3.8) is 0 Å². The van der Waals surface area contributed by atoms with Crippen molar-refractivity contribution in [1.29, 1.82) is 0 Å². The topological polar surface area (TPSA) is 79.9 Å². The summed E-state index contributed by atoms with van der Waals surface area (Å²) in [6.07, 6.45) is 0. The number of benzene rings is 1. The number of nitrogens with zero attached hydrogens (tertiary/aromatic N) is 1. The van der Waals surface area contributed by atoms with Gasteiger partial charge in [-0.15, -0.1) is 0 Å². The van der Waals surface area contributed by atoms with Crippen LogP contribution in [0.1, 0.15) is 25.0 Å². The van der Waals surface area contributed by atoms with Crippen molar-refractivity contribution in [3.8, 4) is 0 Å². The highest BCUT2D eigenvalue weighted by Crippen LogP contribution is 2.18. The second-order valence-electron chi connectivity index (χ2n) is 4.23. The Hall–Kier alpha value is -1.30. The molecule has 0 aliphatic rings. The molecule has 1 atom stereocenters. The largest absolute Gasteiger partial charge is 0.409 e. The van der Waals surface area contributed by atoms with Crippen LogP contribution in [0.4, 0.5) is 0 Å². The molecule has 5 nitrogen and oxygen atoms in total. The molecule has 1 rings (SSSR count). The average Bonchev–Trinajstić information content (AvgIpc) is 2.42. The van der Waals surface area contributed by atoms with Crippen LogP contribution in [-0.2, 0) is 11.3 Å². The Bertz CT molecular complexity index is 438. The third kappa shape index (κ3) is 5.06. The standard InChI is InChI=1S/C13H20ClN3O2/c1-3-19-8-9(2)16-7-11-5-4-10(6-12(11)14)13(15)17-18/h4-6,9,16,18H,3,7-8H2,1-2H3,(H2,15,17). The summed E-state index contributed by atoms with van der Waals surface area (Å²) in [6, 6.07) is 5.56. The first-order valence-corrected chi connectivity index (χ1v) is 6.53. The number of nitrogens with one attached hydrogen (secondary N) is 1. The van der Waals surface area contributed by atoms with Crippen LogP contribution in [0.5, 0.6) is 0 Å². The maximum absolute atomic E-state index is 8.60. The number of rotatable bonds is 7. The van der Waals surface area contributed by atoms with E-state index in [9.17, 15) is 0 Å². The molecule has 0 heterocycles. The minimum atomic E-state index is 0.0473. The maximum atomic E-state index is 8.60. The highest BCUT2D eigenvalue weighted by Gasteiger charge is 2.07. The summed E-state index contributed by atoms with van der Waals surface area (Å²) in [5.41, 5.74) is 7.05. The van der Waals surface area contributed by atoms with Crippen LogP contribution in [-0.4, -0.2) is 30.3 Å². The van der Waals surface area contributed by atoms with E-state index in [4.69, 9.17) is 27.3 Å². The summed E-state index contributed by atoms with van der Waals surface area (Å²) in [5, 5.41) is 15.4. The lowest BCUT2D eigenvalue weighted by Gasteiger charge is -2.14. The highest BCUT2D eigenvalue weighted by molar-refractivity contribution is 6.31. The van der Waals surface area contributed by atoms with Crippen LogP contribution in [0, 0.1) is 0 Å². The molecule has 6 heteroatoms. The Morgan fingerprint density at radius 1 is 1.58 bits per heavy atom. The summed E-state index contributed by atoms with van der Waals surface area (Å²) < 4.78 is 5.32. The van der Waals surface area contributed by atoms with Crippen molar-refractivity contribution >= 4 is 17.4 Å². The van der Waals surface area contributed by atoms with E-state index in [0.29, 0.717) is 30.3 Å². The van der Waals surface area contributed by atoms with Gasteiger partial charge in [0.2, 0.25) is 0 Å². The van der Waals surface area contributed by atoms with Crippen molar-refractivity contribution in [2.24, 2.45) is 10.9 Å². The summed E-state index contributed by atoms with van der Waals surface area (Å²) >= 11 is 6.15. The van der Waals surface area contributed by atoms with Gasteiger partial charge in [-0.1, -0.05) is 28.9 Å². The Kier molecular flexibility index (Phi) is 6.62. The van der Waals surface area contributed by atoms with Crippen LogP contribution in [0.3, 0.4) is 0 Å². The van der Waals surface area contributed by atoms with E-state index in [2.05, 4.69) is 10.5 Å². The Morgan fingerprint density at radius 3 is 2.89 bits per heavy atom. The summed E-state index contributed by atoms with van der Waals surface area (Å²) in [6.45, 7) is 6.03. The van der Waals surface area contributed by atoms with E-state index >= 15 is 0 Å². The van der Waals surface area contributed by atoms with E-state index in [0.717, 1.165) is 5.56 Å². The van der Waals surface area contributed by atoms with Crippen LogP contribution in [0.25, 0.3) is 0 Å². The maximum Gasteiger partial charge on any atom is 0.170 e. The lowest BCUT2D eigenvalue weighted by atomic mass is 10.1. The van der Waals surface area contributed by atoms with Crippen LogP contribution < -0.4 is 11.1 Å². The van der Waals surface area contributed by atoms with Gasteiger partial charge in [-0.2, -0.15) is 0 Å². The second kappa shape index (κ2) is 7.99. The van der Waals surface area contributed by atoms with Gasteiger partial charge < -0.3 is 21.0 Å². The molecule has 0 aromatic heterocycles. The number of ether oxygens (including phenoxy) is 1. The van der Waals surface area contributed by atoms with E-state index in [1.165, 1.54) is 0 Å². The number of hydrogen-bond donors (Lipinski definition) is 3. The Morgan fingerprint density at radius 2 is 2.32 bits per heavy atom. The normalized spacial score (nSPS) is 13.5. The quantitative estimate of drug-likeness (QED) is 0.310. The predicted octanol–water partition coefficient (Wildman–Crippen LogP) is 1.95. The highest BCUT2D eigenvalue weighted by atomic mass is 35.5. The van der Waals surface area contributed by atoms with E-state index in [1.54, 1.807) is 12.1 Å². The molecular weight excluding hydrogens is 266 g/mol. The van der Waals surface area contributed by atoms with Gasteiger partial charge in [-0.25, -0.2) is 0 Å². The summed E-state index contributed by atoms with van der Waals surface area (Å²) in [4.78, 5) is 0. The molecule has 0 bridgehead atoms. The molecule has 0 aliphatic heterocycles. The van der Waals surface area contributed by atoms with Gasteiger partial charge in [-0.05, 0) is 25.5 Å². The molecule has 0 spiro atoms. The second-order valence-corrected chi connectivity index (χ2v) is 4.64. The zero-order valence-corrected chi connectivity index (χ0v) is 11.9. The predicted molar refractivity (Wildman–Crippen MR) is 76.8 cm³/mol. The molecule has 0 saturated carbocycles. The fourth-order valence-electron chi connectivity index (χ4n) is 1.55. The number of nitrogens with two attached hydrogens (primary N) is 1. The third-order valence-corrected chi connectivity index (χ3v) is 3.02. The van der Waals surface area contributed by atoms with Gasteiger partial charge in [-0.3, -0.25) is 0 Å². The minimum absolute atomic E-state index is 0.0473. The fourth-order valence-corrected chi connectivity index (χ4v) is 1.79. The molecule has 0 saturated heterocycles. The molecule has 0 fully saturated rings. The van der Waals surface area contributed by atoms with Gasteiger partial charge in [0.15, 0.2) is 5.84 Å². The van der Waals surface area contributed by atoms with Crippen molar-refractivity contribution in [2.75, 3.05) is 13.2 Å². The van der Waals surface area contributed by atoms with E-state index in [-0.39, 0.29) is 11.9 Å². The lowest BCUT2D eigenvalue weighted by Crippen LogP contribution is -2.30. The van der Waals surface area contributed by atoms with Gasteiger partial charge in [0.25, 0.3) is 0 Å². The molecule has 1 aromatic carbocycles. The molecular formula is C13H20ClN3O2. The van der Waals surface area contributed by atoms with Gasteiger partial charge >= 0.3 is 0 Å². The third-order valence-electron chi connectivity index (χ3n) is 2.67. The minimum Gasteiger partial charge on any atom is -0.409 e. The van der Waals surface area contributed by atoms with Gasteiger partial charge in [0, 0.05) is 29.8 Å². The molecule has 19 heavy (non-hydrogen) atoms. The van der Waals surface area contributed by atoms with Crippen LogP contribution >= 0.6 is 11.6 Å². The van der Waals surface area contributed by atoms with E-state index in [1.807, 2.05) is 19.9 Å². The molecule has 0 aliphatic carbocycles. The van der Waals surface area contributed by atoms with Gasteiger partial charge in [0.1, 0.15) is 0 Å². The first-order chi connectivity index (χ1) is 9.08. The number of amidine groups is 1. The van der Waals surface area contributed by atoms with Crippen LogP contribution in [0.15, 0.2) is 23.4 Å². The molecule has 1 aromatic rings. The lowest BCUT2D eigenvalue weighted by molar-refractivity contribution is 0.127. The number of oxime groups is 1. The zero-order chi connectivity index (χ0) is 14.3. The first kappa shape index (κ1) is 15.8. The molecule has 106 valence electrons. The molecule has 0 radical (unpaired) electrons. The Labute approximate surface area is 118 Å². The average molecular weight is 286 g/mol. The summed E-state index contributed by atoms with van der Waals surface area (Å²) in [5.74, 6) is 0.0473. The van der Waals surface area contributed by atoms with Crippen molar-refractivity contribution in [3.05, 3.63) is 34.3 Å². The number of halogens is 1. The molecule has 0 amide bonds. The van der Waals surface area contributed by atoms with Crippen LogP contribution in [0.2, 0.25) is 5.02 Å². The zero-order valence-electron chi connectivity index (χ0n) is 11.2.